The zero-order valence-electron chi connectivity index (χ0n) is 8.24. The van der Waals surface area contributed by atoms with Crippen LogP contribution in [-0.2, 0) is 4.79 Å². The average molecular weight is 278 g/mol. The van der Waals surface area contributed by atoms with Crippen molar-refractivity contribution in [1.82, 2.24) is 10.2 Å². The largest absolute Gasteiger partial charge is 0.300 e. The highest BCUT2D eigenvalue weighted by Gasteiger charge is 2.56. The Bertz CT molecular complexity index is 444. The van der Waals surface area contributed by atoms with Crippen molar-refractivity contribution in [2.75, 3.05) is 5.32 Å². The van der Waals surface area contributed by atoms with Crippen molar-refractivity contribution in [2.24, 2.45) is 5.92 Å². The highest BCUT2D eigenvalue weighted by Crippen LogP contribution is 2.53. The number of amides is 1. The fraction of sp³-hybridized carbons (Fsp3) is 0.667. The molecule has 2 aliphatic carbocycles. The summed E-state index contributed by atoms with van der Waals surface area (Å²) >= 11 is 13.0. The van der Waals surface area contributed by atoms with E-state index in [2.05, 4.69) is 15.5 Å². The van der Waals surface area contributed by atoms with Crippen LogP contribution >= 0.6 is 34.5 Å². The van der Waals surface area contributed by atoms with E-state index in [1.807, 2.05) is 0 Å². The Labute approximate surface area is 106 Å². The molecular weight excluding hydrogens is 269 g/mol. The summed E-state index contributed by atoms with van der Waals surface area (Å²) in [5, 5.41) is 12.2. The SMILES string of the molecule is O=C(Nc1nnc(C2CC2)s1)C1CC1(Cl)Cl. The standard InChI is InChI=1S/C9H9Cl2N3OS/c10-9(11)3-5(9)6(15)12-8-14-13-7(16-8)4-1-2-4/h4-5H,1-3H2,(H,12,14,15). The summed E-state index contributed by atoms with van der Waals surface area (Å²) in [7, 11) is 0. The Hall–Kier alpha value is -0.390. The Morgan fingerprint density at radius 3 is 2.69 bits per heavy atom. The molecule has 2 aliphatic rings. The molecule has 1 N–H and O–H groups in total. The number of aromatic nitrogens is 2. The van der Waals surface area contributed by atoms with Crippen LogP contribution in [0.2, 0.25) is 0 Å². The van der Waals surface area contributed by atoms with E-state index < -0.39 is 4.33 Å². The maximum Gasteiger partial charge on any atom is 0.232 e. The molecule has 1 aromatic rings. The number of carbonyl (C=O) groups is 1. The summed E-state index contributed by atoms with van der Waals surface area (Å²) in [5.74, 6) is 0.0804. The smallest absolute Gasteiger partial charge is 0.232 e. The normalized spacial score (nSPS) is 26.5. The number of anilines is 1. The van der Waals surface area contributed by atoms with Gasteiger partial charge in [0.25, 0.3) is 0 Å². The average Bonchev–Trinajstić information content (AvgIpc) is 3.10. The fourth-order valence-electron chi connectivity index (χ4n) is 1.47. The lowest BCUT2D eigenvalue weighted by Crippen LogP contribution is -2.16. The molecule has 3 rings (SSSR count). The first kappa shape index (κ1) is 10.7. The predicted molar refractivity (Wildman–Crippen MR) is 63.1 cm³/mol. The number of nitrogens with one attached hydrogen (secondary N) is 1. The lowest BCUT2D eigenvalue weighted by Gasteiger charge is -1.99. The van der Waals surface area contributed by atoms with E-state index in [4.69, 9.17) is 23.2 Å². The molecule has 0 saturated heterocycles. The van der Waals surface area contributed by atoms with Crippen molar-refractivity contribution in [3.63, 3.8) is 0 Å². The second-order valence-electron chi connectivity index (χ2n) is 4.23. The number of hydrogen-bond acceptors (Lipinski definition) is 4. The van der Waals surface area contributed by atoms with Crippen molar-refractivity contribution in [3.05, 3.63) is 5.01 Å². The monoisotopic (exact) mass is 277 g/mol. The van der Waals surface area contributed by atoms with Gasteiger partial charge in [-0.25, -0.2) is 0 Å². The van der Waals surface area contributed by atoms with Gasteiger partial charge in [-0.1, -0.05) is 11.3 Å². The van der Waals surface area contributed by atoms with E-state index in [0.717, 1.165) is 5.01 Å². The molecule has 4 nitrogen and oxygen atoms in total. The highest BCUT2D eigenvalue weighted by atomic mass is 35.5. The lowest BCUT2D eigenvalue weighted by molar-refractivity contribution is -0.117. The minimum absolute atomic E-state index is 0.163. The number of hydrogen-bond donors (Lipinski definition) is 1. The maximum absolute atomic E-state index is 11.6. The van der Waals surface area contributed by atoms with E-state index >= 15 is 0 Å². The third-order valence-electron chi connectivity index (χ3n) is 2.74. The first-order valence-corrected chi connectivity index (χ1v) is 6.65. The Kier molecular flexibility index (Phi) is 2.38. The molecule has 1 unspecified atom stereocenters. The van der Waals surface area contributed by atoms with Gasteiger partial charge in [0.2, 0.25) is 11.0 Å². The van der Waals surface area contributed by atoms with Gasteiger partial charge >= 0.3 is 0 Å². The van der Waals surface area contributed by atoms with Gasteiger partial charge in [-0.3, -0.25) is 4.79 Å². The number of carbonyl (C=O) groups excluding carboxylic acids is 1. The summed E-state index contributed by atoms with van der Waals surface area (Å²) in [6.07, 6.45) is 2.87. The molecular formula is C9H9Cl2N3OS. The van der Waals surface area contributed by atoms with Crippen molar-refractivity contribution >= 4 is 45.6 Å². The van der Waals surface area contributed by atoms with Gasteiger partial charge in [0.15, 0.2) is 0 Å². The van der Waals surface area contributed by atoms with Crippen LogP contribution in [0.3, 0.4) is 0 Å². The molecule has 1 heterocycles. The molecule has 0 aromatic carbocycles. The van der Waals surface area contributed by atoms with Gasteiger partial charge in [0.05, 0.1) is 5.92 Å². The summed E-state index contributed by atoms with van der Waals surface area (Å²) < 4.78 is -0.881. The van der Waals surface area contributed by atoms with Crippen LogP contribution in [0.15, 0.2) is 0 Å². The van der Waals surface area contributed by atoms with Crippen molar-refractivity contribution < 1.29 is 4.79 Å². The first-order chi connectivity index (χ1) is 7.56. The van der Waals surface area contributed by atoms with Crippen molar-refractivity contribution in [1.29, 1.82) is 0 Å². The lowest BCUT2D eigenvalue weighted by atomic mass is 10.4. The number of rotatable bonds is 3. The molecule has 0 bridgehead atoms. The van der Waals surface area contributed by atoms with Crippen LogP contribution in [0.4, 0.5) is 5.13 Å². The zero-order valence-corrected chi connectivity index (χ0v) is 10.6. The molecule has 0 radical (unpaired) electrons. The Balaban J connectivity index is 1.63. The highest BCUT2D eigenvalue weighted by molar-refractivity contribution is 7.15. The van der Waals surface area contributed by atoms with Crippen LogP contribution < -0.4 is 5.32 Å². The molecule has 86 valence electrons. The molecule has 7 heteroatoms. The third-order valence-corrected chi connectivity index (χ3v) is 4.58. The minimum atomic E-state index is -0.881. The van der Waals surface area contributed by atoms with E-state index in [0.29, 0.717) is 17.5 Å². The van der Waals surface area contributed by atoms with E-state index in [1.54, 1.807) is 0 Å². The van der Waals surface area contributed by atoms with Gasteiger partial charge in [-0.05, 0) is 19.3 Å². The maximum atomic E-state index is 11.6. The molecule has 16 heavy (non-hydrogen) atoms. The van der Waals surface area contributed by atoms with E-state index in [9.17, 15) is 4.79 Å². The molecule has 2 saturated carbocycles. The van der Waals surface area contributed by atoms with Crippen LogP contribution in [0.1, 0.15) is 30.2 Å². The summed E-state index contributed by atoms with van der Waals surface area (Å²) in [6.45, 7) is 0. The Morgan fingerprint density at radius 2 is 2.12 bits per heavy atom. The molecule has 1 atom stereocenters. The first-order valence-electron chi connectivity index (χ1n) is 5.08. The summed E-state index contributed by atoms with van der Waals surface area (Å²) in [6, 6.07) is 0. The number of alkyl halides is 2. The van der Waals surface area contributed by atoms with Crippen LogP contribution in [-0.4, -0.2) is 20.4 Å². The molecule has 0 aliphatic heterocycles. The van der Waals surface area contributed by atoms with Crippen LogP contribution in [0.5, 0.6) is 0 Å². The fourth-order valence-corrected chi connectivity index (χ4v) is 2.89. The topological polar surface area (TPSA) is 54.9 Å². The van der Waals surface area contributed by atoms with Crippen molar-refractivity contribution in [2.45, 2.75) is 29.5 Å². The van der Waals surface area contributed by atoms with Gasteiger partial charge < -0.3 is 5.32 Å². The van der Waals surface area contributed by atoms with Gasteiger partial charge in [-0.15, -0.1) is 33.4 Å². The molecule has 1 amide bonds. The minimum Gasteiger partial charge on any atom is -0.300 e. The van der Waals surface area contributed by atoms with Crippen molar-refractivity contribution in [3.8, 4) is 0 Å². The third kappa shape index (κ3) is 2.04. The van der Waals surface area contributed by atoms with Gasteiger partial charge in [0, 0.05) is 5.92 Å². The molecule has 1 aromatic heterocycles. The summed E-state index contributed by atoms with van der Waals surface area (Å²) in [4.78, 5) is 11.6. The number of nitrogens with zero attached hydrogens (tertiary/aromatic N) is 2. The Morgan fingerprint density at radius 1 is 1.44 bits per heavy atom. The predicted octanol–water partition coefficient (Wildman–Crippen LogP) is 2.55. The van der Waals surface area contributed by atoms with Gasteiger partial charge in [-0.2, -0.15) is 0 Å². The second kappa shape index (κ2) is 3.55. The van der Waals surface area contributed by atoms with Gasteiger partial charge in [0.1, 0.15) is 9.34 Å². The number of halogens is 2. The summed E-state index contributed by atoms with van der Waals surface area (Å²) in [5.41, 5.74) is 0. The van der Waals surface area contributed by atoms with Crippen LogP contribution in [0, 0.1) is 5.92 Å². The second-order valence-corrected chi connectivity index (χ2v) is 6.78. The zero-order chi connectivity index (χ0) is 11.3. The van der Waals surface area contributed by atoms with E-state index in [1.165, 1.54) is 24.2 Å². The van der Waals surface area contributed by atoms with Crippen LogP contribution in [0.25, 0.3) is 0 Å². The molecule has 2 fully saturated rings. The molecule has 0 spiro atoms. The quantitative estimate of drug-likeness (QED) is 0.864. The van der Waals surface area contributed by atoms with E-state index in [-0.39, 0.29) is 11.8 Å².